The predicted octanol–water partition coefficient (Wildman–Crippen LogP) is 4.05. The van der Waals surface area contributed by atoms with Crippen molar-refractivity contribution in [1.29, 1.82) is 0 Å². The highest BCUT2D eigenvalue weighted by atomic mass is 32.1. The molecule has 0 N–H and O–H groups in total. The molecule has 0 spiro atoms. The Morgan fingerprint density at radius 3 is 2.69 bits per heavy atom. The van der Waals surface area contributed by atoms with Gasteiger partial charge in [0.15, 0.2) is 4.80 Å². The van der Waals surface area contributed by atoms with E-state index in [0.717, 1.165) is 16.0 Å². The number of rotatable bonds is 6. The van der Waals surface area contributed by atoms with Crippen molar-refractivity contribution in [2.45, 2.75) is 19.6 Å². The average Bonchev–Trinajstić information content (AvgIpc) is 3.51. The van der Waals surface area contributed by atoms with E-state index >= 15 is 0 Å². The number of carbonyl (C=O) groups excluding carboxylic acids is 1. The third kappa shape index (κ3) is 4.62. The van der Waals surface area contributed by atoms with E-state index in [2.05, 4.69) is 4.99 Å². The molecule has 2 aromatic carbocycles. The molecule has 4 aromatic rings. The molecule has 1 unspecified atom stereocenters. The van der Waals surface area contributed by atoms with Gasteiger partial charge in [-0.1, -0.05) is 59.9 Å². The molecule has 8 heteroatoms. The molecule has 3 heterocycles. The summed E-state index contributed by atoms with van der Waals surface area (Å²) in [6, 6.07) is 20.3. The summed E-state index contributed by atoms with van der Waals surface area (Å²) in [6.45, 7) is 1.94. The van der Waals surface area contributed by atoms with Gasteiger partial charge in [0.2, 0.25) is 0 Å². The Kier molecular flexibility index (Phi) is 6.48. The van der Waals surface area contributed by atoms with E-state index < -0.39 is 12.0 Å². The Morgan fingerprint density at radius 1 is 1.11 bits per heavy atom. The summed E-state index contributed by atoms with van der Waals surface area (Å²) in [5, 5.41) is 1.93. The fraction of sp³-hybridized carbons (Fsp3) is 0.148. The van der Waals surface area contributed by atoms with Crippen molar-refractivity contribution in [3.05, 3.63) is 119 Å². The fourth-order valence-corrected chi connectivity index (χ4v) is 5.85. The number of carbonyl (C=O) groups is 1. The van der Waals surface area contributed by atoms with E-state index in [1.165, 1.54) is 22.7 Å². The zero-order valence-electron chi connectivity index (χ0n) is 19.1. The van der Waals surface area contributed by atoms with Gasteiger partial charge < -0.3 is 9.47 Å². The Bertz CT molecular complexity index is 1580. The highest BCUT2D eigenvalue weighted by Crippen LogP contribution is 2.33. The van der Waals surface area contributed by atoms with Gasteiger partial charge in [0.25, 0.3) is 5.56 Å². The first-order chi connectivity index (χ1) is 17.0. The summed E-state index contributed by atoms with van der Waals surface area (Å²) < 4.78 is 13.1. The number of benzene rings is 2. The molecule has 1 aliphatic heterocycles. The molecule has 176 valence electrons. The maximum Gasteiger partial charge on any atom is 0.338 e. The number of allylic oxidation sites excluding steroid dienone is 1. The van der Waals surface area contributed by atoms with Crippen molar-refractivity contribution in [3.8, 4) is 5.75 Å². The van der Waals surface area contributed by atoms with Crippen molar-refractivity contribution < 1.29 is 14.3 Å². The van der Waals surface area contributed by atoms with Crippen LogP contribution in [0.2, 0.25) is 0 Å². The lowest BCUT2D eigenvalue weighted by Crippen LogP contribution is -2.39. The van der Waals surface area contributed by atoms with Crippen molar-refractivity contribution in [2.75, 3.05) is 7.11 Å². The van der Waals surface area contributed by atoms with Crippen LogP contribution in [0.1, 0.15) is 29.0 Å². The third-order valence-corrected chi connectivity index (χ3v) is 7.57. The summed E-state index contributed by atoms with van der Waals surface area (Å²) in [5.74, 6) is 0.234. The van der Waals surface area contributed by atoms with Crippen LogP contribution in [0.15, 0.2) is 93.2 Å². The lowest BCUT2D eigenvalue weighted by molar-refractivity contribution is -0.140. The number of hydrogen-bond acceptors (Lipinski definition) is 7. The molecule has 0 radical (unpaired) electrons. The zero-order valence-corrected chi connectivity index (χ0v) is 20.8. The van der Waals surface area contributed by atoms with E-state index in [1.807, 2.05) is 78.2 Å². The Hall–Kier alpha value is -3.75. The van der Waals surface area contributed by atoms with Crippen molar-refractivity contribution in [2.24, 2.45) is 4.99 Å². The lowest BCUT2D eigenvalue weighted by atomic mass is 10.0. The summed E-state index contributed by atoms with van der Waals surface area (Å²) in [4.78, 5) is 33.0. The molecular formula is C27H22N2O4S2. The average molecular weight is 503 g/mol. The topological polar surface area (TPSA) is 69.9 Å². The fourth-order valence-electron chi connectivity index (χ4n) is 3.98. The Balaban J connectivity index is 1.58. The maximum absolute atomic E-state index is 13.6. The summed E-state index contributed by atoms with van der Waals surface area (Å²) in [5.41, 5.74) is 2.47. The number of aromatic nitrogens is 1. The van der Waals surface area contributed by atoms with Crippen molar-refractivity contribution in [3.63, 3.8) is 0 Å². The number of methoxy groups -OCH3 is 1. The molecule has 1 aliphatic rings. The first kappa shape index (κ1) is 23.0. The van der Waals surface area contributed by atoms with Crippen LogP contribution in [0, 0.1) is 0 Å². The second kappa shape index (κ2) is 9.85. The normalized spacial score (nSPS) is 15.5. The van der Waals surface area contributed by atoms with Crippen molar-refractivity contribution in [1.82, 2.24) is 4.57 Å². The molecule has 1 atom stereocenters. The number of esters is 1. The van der Waals surface area contributed by atoms with Gasteiger partial charge in [-0.2, -0.15) is 0 Å². The number of thiophene rings is 1. The molecule has 0 amide bonds. The Morgan fingerprint density at radius 2 is 1.94 bits per heavy atom. The van der Waals surface area contributed by atoms with Crippen LogP contribution in [-0.2, 0) is 16.1 Å². The second-order valence-electron chi connectivity index (χ2n) is 7.94. The lowest BCUT2D eigenvalue weighted by Gasteiger charge is -2.23. The van der Waals surface area contributed by atoms with E-state index in [4.69, 9.17) is 9.47 Å². The molecule has 0 fully saturated rings. The van der Waals surface area contributed by atoms with Gasteiger partial charge in [0.1, 0.15) is 18.4 Å². The third-order valence-electron chi connectivity index (χ3n) is 5.66. The predicted molar refractivity (Wildman–Crippen MR) is 137 cm³/mol. The first-order valence-corrected chi connectivity index (χ1v) is 12.7. The molecule has 0 saturated heterocycles. The van der Waals surface area contributed by atoms with Crippen molar-refractivity contribution >= 4 is 34.7 Å². The van der Waals surface area contributed by atoms with Gasteiger partial charge in [-0.15, -0.1) is 11.3 Å². The molecule has 2 aromatic heterocycles. The smallest absolute Gasteiger partial charge is 0.338 e. The molecular weight excluding hydrogens is 480 g/mol. The second-order valence-corrected chi connectivity index (χ2v) is 9.92. The van der Waals surface area contributed by atoms with Gasteiger partial charge in [-0.05, 0) is 47.7 Å². The van der Waals surface area contributed by atoms with Crippen LogP contribution in [-0.4, -0.2) is 17.6 Å². The quantitative estimate of drug-likeness (QED) is 0.373. The monoisotopic (exact) mass is 502 g/mol. The summed E-state index contributed by atoms with van der Waals surface area (Å²) in [7, 11) is 1.61. The molecule has 0 saturated carbocycles. The molecule has 0 bridgehead atoms. The highest BCUT2D eigenvalue weighted by molar-refractivity contribution is 7.10. The summed E-state index contributed by atoms with van der Waals surface area (Å²) >= 11 is 2.80. The van der Waals surface area contributed by atoms with Crippen LogP contribution in [0.25, 0.3) is 6.08 Å². The van der Waals surface area contributed by atoms with E-state index in [9.17, 15) is 9.59 Å². The number of fused-ring (bicyclic) bond motifs is 1. The number of thiazole rings is 1. The molecule has 5 rings (SSSR count). The summed E-state index contributed by atoms with van der Waals surface area (Å²) in [6.07, 6.45) is 1.82. The Labute approximate surface area is 209 Å². The SMILES string of the molecule is COc1cccc(C=c2sc3n(c2=O)C(c2cccs2)C(C(=O)OCc2ccccc2)=C(C)N=3)c1. The minimum absolute atomic E-state index is 0.147. The number of ether oxygens (including phenoxy) is 2. The highest BCUT2D eigenvalue weighted by Gasteiger charge is 2.34. The molecule has 35 heavy (non-hydrogen) atoms. The minimum atomic E-state index is -0.595. The van der Waals surface area contributed by atoms with E-state index in [0.29, 0.717) is 26.4 Å². The van der Waals surface area contributed by atoms with Crippen LogP contribution in [0.5, 0.6) is 5.75 Å². The van der Waals surface area contributed by atoms with Crippen LogP contribution < -0.4 is 19.6 Å². The van der Waals surface area contributed by atoms with Gasteiger partial charge in [0.05, 0.1) is 22.9 Å². The molecule has 6 nitrogen and oxygen atoms in total. The van der Waals surface area contributed by atoms with Gasteiger partial charge in [0, 0.05) is 4.88 Å². The standard InChI is InChI=1S/C27H22N2O4S2/c1-17-23(26(31)33-16-18-8-4-3-5-9-18)24(21-12-7-13-34-21)29-25(30)22(35-27(29)28-17)15-19-10-6-11-20(14-19)32-2/h3-15,24H,16H2,1-2H3. The van der Waals surface area contributed by atoms with Crippen LogP contribution >= 0.6 is 22.7 Å². The van der Waals surface area contributed by atoms with Gasteiger partial charge >= 0.3 is 5.97 Å². The van der Waals surface area contributed by atoms with Crippen LogP contribution in [0.3, 0.4) is 0 Å². The minimum Gasteiger partial charge on any atom is -0.497 e. The zero-order chi connectivity index (χ0) is 24.4. The number of nitrogens with zero attached hydrogens (tertiary/aromatic N) is 2. The largest absolute Gasteiger partial charge is 0.497 e. The maximum atomic E-state index is 13.6. The van der Waals surface area contributed by atoms with Crippen LogP contribution in [0.4, 0.5) is 0 Å². The number of hydrogen-bond donors (Lipinski definition) is 0. The van der Waals surface area contributed by atoms with Gasteiger partial charge in [-0.3, -0.25) is 9.36 Å². The van der Waals surface area contributed by atoms with E-state index in [1.54, 1.807) is 18.6 Å². The molecule has 0 aliphatic carbocycles. The van der Waals surface area contributed by atoms with Gasteiger partial charge in [-0.25, -0.2) is 9.79 Å². The first-order valence-electron chi connectivity index (χ1n) is 11.0. The van der Waals surface area contributed by atoms with E-state index in [-0.39, 0.29) is 12.2 Å².